The molecule has 5 nitrogen and oxygen atoms in total. The molecule has 0 saturated carbocycles. The second-order valence-corrected chi connectivity index (χ2v) is 3.35. The van der Waals surface area contributed by atoms with Crippen molar-refractivity contribution in [2.45, 2.75) is 0 Å². The van der Waals surface area contributed by atoms with Gasteiger partial charge in [-0.15, -0.1) is 0 Å². The summed E-state index contributed by atoms with van der Waals surface area (Å²) in [6.45, 7) is 0.595. The average molecular weight is 199 g/mol. The molecule has 0 spiro atoms. The Kier molecular flexibility index (Phi) is 1.58. The Balaban J connectivity index is 2.21. The fourth-order valence-corrected chi connectivity index (χ4v) is 1.73. The highest BCUT2D eigenvalue weighted by Gasteiger charge is 2.25. The molecule has 1 aromatic carbocycles. The SMILES string of the molecule is N=C1N=Cc2ccccc2N2CNN=C12. The molecular formula is C10H9N5. The van der Waals surface area contributed by atoms with Gasteiger partial charge < -0.3 is 4.90 Å². The highest BCUT2D eigenvalue weighted by Crippen LogP contribution is 2.22. The highest BCUT2D eigenvalue weighted by atomic mass is 15.5. The number of rotatable bonds is 0. The number of hydrogen-bond acceptors (Lipinski definition) is 4. The lowest BCUT2D eigenvalue weighted by molar-refractivity contribution is 0.807. The summed E-state index contributed by atoms with van der Waals surface area (Å²) >= 11 is 0. The molecule has 2 aliphatic rings. The van der Waals surface area contributed by atoms with Gasteiger partial charge in [-0.1, -0.05) is 18.2 Å². The van der Waals surface area contributed by atoms with Gasteiger partial charge in [0.25, 0.3) is 0 Å². The first-order valence-corrected chi connectivity index (χ1v) is 4.66. The number of benzene rings is 1. The van der Waals surface area contributed by atoms with Crippen molar-refractivity contribution in [3.05, 3.63) is 29.8 Å². The predicted molar refractivity (Wildman–Crippen MR) is 59.7 cm³/mol. The third-order valence-corrected chi connectivity index (χ3v) is 2.44. The highest BCUT2D eigenvalue weighted by molar-refractivity contribution is 6.47. The van der Waals surface area contributed by atoms with E-state index < -0.39 is 0 Å². The molecular weight excluding hydrogens is 190 g/mol. The Morgan fingerprint density at radius 3 is 3.13 bits per heavy atom. The van der Waals surface area contributed by atoms with E-state index in [1.807, 2.05) is 29.2 Å². The van der Waals surface area contributed by atoms with E-state index in [2.05, 4.69) is 15.5 Å². The third-order valence-electron chi connectivity index (χ3n) is 2.44. The van der Waals surface area contributed by atoms with Gasteiger partial charge in [-0.3, -0.25) is 10.8 Å². The Morgan fingerprint density at radius 1 is 1.33 bits per heavy atom. The molecule has 0 radical (unpaired) electrons. The summed E-state index contributed by atoms with van der Waals surface area (Å²) in [5.41, 5.74) is 4.91. The largest absolute Gasteiger partial charge is 0.302 e. The summed E-state index contributed by atoms with van der Waals surface area (Å²) in [4.78, 5) is 6.00. The molecule has 5 heteroatoms. The van der Waals surface area contributed by atoms with Gasteiger partial charge in [-0.25, -0.2) is 4.99 Å². The van der Waals surface area contributed by atoms with Crippen molar-refractivity contribution in [2.24, 2.45) is 10.1 Å². The minimum Gasteiger partial charge on any atom is -0.302 e. The standard InChI is InChI=1S/C10H9N5/c11-9-10-14-13-6-15(10)8-4-2-1-3-7(8)5-12-9/h1-5,11,13H,6H2. The lowest BCUT2D eigenvalue weighted by Crippen LogP contribution is -2.32. The Labute approximate surface area is 86.6 Å². The number of para-hydroxylation sites is 1. The van der Waals surface area contributed by atoms with E-state index in [9.17, 15) is 0 Å². The summed E-state index contributed by atoms with van der Waals surface area (Å²) < 4.78 is 0. The molecule has 3 rings (SSSR count). The number of nitrogens with zero attached hydrogens (tertiary/aromatic N) is 3. The van der Waals surface area contributed by atoms with Crippen LogP contribution in [0.25, 0.3) is 0 Å². The van der Waals surface area contributed by atoms with Gasteiger partial charge in [0.2, 0.25) is 0 Å². The Morgan fingerprint density at radius 2 is 2.20 bits per heavy atom. The Hall–Kier alpha value is -2.17. The van der Waals surface area contributed by atoms with E-state index >= 15 is 0 Å². The van der Waals surface area contributed by atoms with Gasteiger partial charge >= 0.3 is 0 Å². The van der Waals surface area contributed by atoms with Gasteiger partial charge in [0.15, 0.2) is 11.7 Å². The second kappa shape index (κ2) is 2.91. The van der Waals surface area contributed by atoms with Gasteiger partial charge in [0.1, 0.15) is 6.67 Å². The average Bonchev–Trinajstić information content (AvgIpc) is 2.71. The van der Waals surface area contributed by atoms with Crippen molar-refractivity contribution in [1.29, 1.82) is 5.41 Å². The zero-order valence-electron chi connectivity index (χ0n) is 7.94. The number of nitrogens with one attached hydrogen (secondary N) is 2. The first-order valence-electron chi connectivity index (χ1n) is 4.66. The van der Waals surface area contributed by atoms with Crippen LogP contribution in [0.1, 0.15) is 5.56 Å². The predicted octanol–water partition coefficient (Wildman–Crippen LogP) is 0.777. The number of hydrazone groups is 1. The first kappa shape index (κ1) is 8.16. The van der Waals surface area contributed by atoms with Gasteiger partial charge in [-0.2, -0.15) is 5.10 Å². The Bertz CT molecular complexity index is 488. The van der Waals surface area contributed by atoms with Crippen LogP contribution in [0.4, 0.5) is 5.69 Å². The van der Waals surface area contributed by atoms with Crippen LogP contribution in [0.3, 0.4) is 0 Å². The second-order valence-electron chi connectivity index (χ2n) is 3.35. The fraction of sp³-hybridized carbons (Fsp3) is 0.100. The third kappa shape index (κ3) is 1.13. The van der Waals surface area contributed by atoms with Crippen molar-refractivity contribution in [2.75, 3.05) is 11.6 Å². The molecule has 0 amide bonds. The normalized spacial score (nSPS) is 17.7. The van der Waals surface area contributed by atoms with Crippen LogP contribution in [0.2, 0.25) is 0 Å². The zero-order valence-corrected chi connectivity index (χ0v) is 7.94. The van der Waals surface area contributed by atoms with E-state index in [1.165, 1.54) is 0 Å². The minimum absolute atomic E-state index is 0.191. The summed E-state index contributed by atoms with van der Waals surface area (Å²) in [7, 11) is 0. The summed E-state index contributed by atoms with van der Waals surface area (Å²) in [6, 6.07) is 7.91. The lowest BCUT2D eigenvalue weighted by Gasteiger charge is -2.17. The van der Waals surface area contributed by atoms with Crippen LogP contribution in [-0.4, -0.2) is 24.6 Å². The van der Waals surface area contributed by atoms with Crippen molar-refractivity contribution < 1.29 is 0 Å². The molecule has 15 heavy (non-hydrogen) atoms. The maximum Gasteiger partial charge on any atom is 0.199 e. The monoisotopic (exact) mass is 199 g/mol. The number of aliphatic imine (C=N–C) groups is 1. The first-order chi connectivity index (χ1) is 7.36. The number of hydrogen-bond donors (Lipinski definition) is 2. The summed E-state index contributed by atoms with van der Waals surface area (Å²) in [5, 5.41) is 11.8. The molecule has 0 aliphatic carbocycles. The van der Waals surface area contributed by atoms with Crippen LogP contribution in [0.5, 0.6) is 0 Å². The molecule has 0 aromatic heterocycles. The molecule has 74 valence electrons. The molecule has 2 heterocycles. The molecule has 0 atom stereocenters. The molecule has 2 aliphatic heterocycles. The molecule has 0 saturated heterocycles. The topological polar surface area (TPSA) is 63.8 Å². The zero-order chi connectivity index (χ0) is 10.3. The molecule has 0 bridgehead atoms. The smallest absolute Gasteiger partial charge is 0.199 e. The van der Waals surface area contributed by atoms with E-state index in [0.717, 1.165) is 11.3 Å². The number of fused-ring (bicyclic) bond motifs is 3. The fourth-order valence-electron chi connectivity index (χ4n) is 1.73. The maximum atomic E-state index is 7.72. The van der Waals surface area contributed by atoms with Crippen molar-refractivity contribution in [3.8, 4) is 0 Å². The van der Waals surface area contributed by atoms with E-state index in [-0.39, 0.29) is 5.84 Å². The van der Waals surface area contributed by atoms with Crippen LogP contribution in [-0.2, 0) is 0 Å². The van der Waals surface area contributed by atoms with Crippen LogP contribution >= 0.6 is 0 Å². The number of anilines is 1. The van der Waals surface area contributed by atoms with Gasteiger partial charge in [0, 0.05) is 11.8 Å². The lowest BCUT2D eigenvalue weighted by atomic mass is 10.2. The summed E-state index contributed by atoms with van der Waals surface area (Å²) in [5.74, 6) is 0.771. The van der Waals surface area contributed by atoms with Crippen LogP contribution < -0.4 is 10.3 Å². The molecule has 0 unspecified atom stereocenters. The molecule has 0 fully saturated rings. The minimum atomic E-state index is 0.191. The number of amidine groups is 2. The van der Waals surface area contributed by atoms with E-state index in [4.69, 9.17) is 5.41 Å². The van der Waals surface area contributed by atoms with Crippen LogP contribution in [0, 0.1) is 5.41 Å². The van der Waals surface area contributed by atoms with Crippen molar-refractivity contribution in [3.63, 3.8) is 0 Å². The van der Waals surface area contributed by atoms with Crippen molar-refractivity contribution >= 4 is 23.6 Å². The molecule has 2 N–H and O–H groups in total. The van der Waals surface area contributed by atoms with Gasteiger partial charge in [0.05, 0.1) is 5.69 Å². The quantitative estimate of drug-likeness (QED) is 0.648. The van der Waals surface area contributed by atoms with E-state index in [0.29, 0.717) is 12.5 Å². The van der Waals surface area contributed by atoms with Crippen LogP contribution in [0.15, 0.2) is 34.4 Å². The summed E-state index contributed by atoms with van der Waals surface area (Å²) in [6.07, 6.45) is 1.71. The maximum absolute atomic E-state index is 7.72. The van der Waals surface area contributed by atoms with Crippen molar-refractivity contribution in [1.82, 2.24) is 5.43 Å². The van der Waals surface area contributed by atoms with Gasteiger partial charge in [-0.05, 0) is 6.07 Å². The van der Waals surface area contributed by atoms with E-state index in [1.54, 1.807) is 6.21 Å². The molecule has 1 aromatic rings.